The van der Waals surface area contributed by atoms with Crippen LogP contribution in [0.1, 0.15) is 23.2 Å². The summed E-state index contributed by atoms with van der Waals surface area (Å²) in [6, 6.07) is 14.0. The second-order valence-corrected chi connectivity index (χ2v) is 7.39. The summed E-state index contributed by atoms with van der Waals surface area (Å²) in [5.74, 6) is -0.713. The average molecular weight is 415 g/mol. The number of para-hydroxylation sites is 1. The molecule has 1 saturated carbocycles. The van der Waals surface area contributed by atoms with Crippen molar-refractivity contribution in [1.29, 1.82) is 0 Å². The Labute approximate surface area is 174 Å². The normalized spacial score (nSPS) is 12.8. The van der Waals surface area contributed by atoms with Crippen molar-refractivity contribution < 1.29 is 14.4 Å². The molecule has 0 unspecified atom stereocenters. The molecule has 7 nitrogen and oxygen atoms in total. The number of hydrogen-bond acceptors (Lipinski definition) is 4. The lowest BCUT2D eigenvalue weighted by molar-refractivity contribution is -0.133. The number of hydrogen-bond donors (Lipinski definition) is 3. The lowest BCUT2D eigenvalue weighted by Crippen LogP contribution is -2.41. The monoisotopic (exact) mass is 414 g/mol. The zero-order valence-corrected chi connectivity index (χ0v) is 16.8. The summed E-state index contributed by atoms with van der Waals surface area (Å²) in [4.78, 5) is 38.1. The Hall–Kier alpha value is -3.06. The lowest BCUT2D eigenvalue weighted by atomic mass is 10.1. The van der Waals surface area contributed by atoms with Crippen LogP contribution >= 0.6 is 11.6 Å². The van der Waals surface area contributed by atoms with E-state index in [1.807, 2.05) is 0 Å². The highest BCUT2D eigenvalue weighted by atomic mass is 35.5. The number of rotatable bonds is 8. The van der Waals surface area contributed by atoms with Crippen molar-refractivity contribution in [2.75, 3.05) is 30.8 Å². The zero-order chi connectivity index (χ0) is 20.8. The van der Waals surface area contributed by atoms with Crippen LogP contribution in [0.5, 0.6) is 0 Å². The first kappa shape index (κ1) is 20.7. The van der Waals surface area contributed by atoms with Gasteiger partial charge in [-0.2, -0.15) is 0 Å². The molecule has 0 aromatic heterocycles. The topological polar surface area (TPSA) is 90.5 Å². The Morgan fingerprint density at radius 3 is 2.45 bits per heavy atom. The van der Waals surface area contributed by atoms with E-state index in [9.17, 15) is 14.4 Å². The molecular formula is C21H23ClN4O3. The molecule has 2 aromatic carbocycles. The summed E-state index contributed by atoms with van der Waals surface area (Å²) in [7, 11) is 1.58. The third-order valence-corrected chi connectivity index (χ3v) is 4.70. The molecule has 3 rings (SSSR count). The number of nitrogens with zero attached hydrogens (tertiary/aromatic N) is 1. The van der Waals surface area contributed by atoms with Gasteiger partial charge in [0.1, 0.15) is 0 Å². The summed E-state index contributed by atoms with van der Waals surface area (Å²) in [5, 5.41) is 9.22. The minimum Gasteiger partial charge on any atom is -0.376 e. The predicted octanol–water partition coefficient (Wildman–Crippen LogP) is 2.74. The van der Waals surface area contributed by atoms with Crippen LogP contribution in [0, 0.1) is 0 Å². The molecule has 2 aromatic rings. The number of anilines is 2. The van der Waals surface area contributed by atoms with Crippen molar-refractivity contribution in [1.82, 2.24) is 10.2 Å². The van der Waals surface area contributed by atoms with Crippen LogP contribution in [0.4, 0.5) is 11.4 Å². The Morgan fingerprint density at radius 1 is 1.07 bits per heavy atom. The molecule has 0 aliphatic heterocycles. The first-order valence-electron chi connectivity index (χ1n) is 9.35. The van der Waals surface area contributed by atoms with E-state index in [0.29, 0.717) is 22.0 Å². The molecule has 3 N–H and O–H groups in total. The van der Waals surface area contributed by atoms with Gasteiger partial charge < -0.3 is 20.9 Å². The summed E-state index contributed by atoms with van der Waals surface area (Å²) in [6.07, 6.45) is 2.00. The van der Waals surface area contributed by atoms with Gasteiger partial charge in [0.2, 0.25) is 11.8 Å². The average Bonchev–Trinajstić information content (AvgIpc) is 3.51. The number of likely N-dealkylation sites (N-methyl/N-ethyl adjacent to an activating group) is 1. The molecule has 1 fully saturated rings. The fourth-order valence-electron chi connectivity index (χ4n) is 2.68. The van der Waals surface area contributed by atoms with Gasteiger partial charge >= 0.3 is 0 Å². The molecule has 1 aliphatic carbocycles. The molecule has 0 atom stereocenters. The largest absolute Gasteiger partial charge is 0.376 e. The lowest BCUT2D eigenvalue weighted by Gasteiger charge is -2.18. The van der Waals surface area contributed by atoms with Gasteiger partial charge in [0.25, 0.3) is 5.91 Å². The van der Waals surface area contributed by atoms with Crippen LogP contribution < -0.4 is 16.0 Å². The van der Waals surface area contributed by atoms with Gasteiger partial charge in [-0.05, 0) is 49.2 Å². The van der Waals surface area contributed by atoms with Crippen molar-refractivity contribution in [2.24, 2.45) is 0 Å². The van der Waals surface area contributed by atoms with Crippen LogP contribution in [0.3, 0.4) is 0 Å². The summed E-state index contributed by atoms with van der Waals surface area (Å²) in [6.45, 7) is -0.0197. The van der Waals surface area contributed by atoms with E-state index in [0.717, 1.165) is 12.8 Å². The third kappa shape index (κ3) is 6.22. The number of amides is 3. The highest BCUT2D eigenvalue weighted by Gasteiger charge is 2.24. The third-order valence-electron chi connectivity index (χ3n) is 4.45. The van der Waals surface area contributed by atoms with Gasteiger partial charge in [-0.1, -0.05) is 23.7 Å². The number of benzene rings is 2. The van der Waals surface area contributed by atoms with Crippen LogP contribution in [-0.4, -0.2) is 48.8 Å². The van der Waals surface area contributed by atoms with E-state index < -0.39 is 0 Å². The molecule has 1 aliphatic rings. The van der Waals surface area contributed by atoms with E-state index in [4.69, 9.17) is 11.6 Å². The smallest absolute Gasteiger partial charge is 0.257 e. The Morgan fingerprint density at radius 2 is 1.76 bits per heavy atom. The van der Waals surface area contributed by atoms with E-state index in [1.165, 1.54) is 4.90 Å². The molecular weight excluding hydrogens is 392 g/mol. The van der Waals surface area contributed by atoms with Gasteiger partial charge in [-0.3, -0.25) is 14.4 Å². The molecule has 0 bridgehead atoms. The first-order chi connectivity index (χ1) is 13.9. The predicted molar refractivity (Wildman–Crippen MR) is 113 cm³/mol. The van der Waals surface area contributed by atoms with Gasteiger partial charge in [0.05, 0.1) is 18.7 Å². The van der Waals surface area contributed by atoms with E-state index in [2.05, 4.69) is 16.0 Å². The summed E-state index contributed by atoms with van der Waals surface area (Å²) < 4.78 is 0. The van der Waals surface area contributed by atoms with Gasteiger partial charge in [-0.15, -0.1) is 0 Å². The first-order valence-corrected chi connectivity index (χ1v) is 9.73. The maximum Gasteiger partial charge on any atom is 0.257 e. The van der Waals surface area contributed by atoms with Crippen molar-refractivity contribution in [3.63, 3.8) is 0 Å². The SMILES string of the molecule is CN(CC(=O)NC1CC1)C(=O)CNc1ccccc1C(=O)Nc1ccc(Cl)cc1. The summed E-state index contributed by atoms with van der Waals surface area (Å²) >= 11 is 5.86. The minimum absolute atomic E-state index is 0.00964. The molecule has 0 heterocycles. The number of nitrogens with one attached hydrogen (secondary N) is 3. The molecule has 3 amide bonds. The van der Waals surface area contributed by atoms with Gasteiger partial charge in [0.15, 0.2) is 0 Å². The van der Waals surface area contributed by atoms with Crippen LogP contribution in [0.2, 0.25) is 5.02 Å². The molecule has 152 valence electrons. The maximum atomic E-state index is 12.6. The Kier molecular flexibility index (Phi) is 6.72. The molecule has 0 spiro atoms. The van der Waals surface area contributed by atoms with Crippen molar-refractivity contribution in [3.8, 4) is 0 Å². The standard InChI is InChI=1S/C21H23ClN4O3/c1-26(13-19(27)24-15-10-11-15)20(28)12-23-18-5-3-2-4-17(18)21(29)25-16-8-6-14(22)7-9-16/h2-9,15,23H,10-13H2,1H3,(H,24,27)(H,25,29). The van der Waals surface area contributed by atoms with Crippen LogP contribution in [0.15, 0.2) is 48.5 Å². The fraction of sp³-hybridized carbons (Fsp3) is 0.286. The molecule has 0 radical (unpaired) electrons. The minimum atomic E-state index is -0.306. The molecule has 29 heavy (non-hydrogen) atoms. The van der Waals surface area contributed by atoms with Gasteiger partial charge in [-0.25, -0.2) is 0 Å². The van der Waals surface area contributed by atoms with Gasteiger partial charge in [0, 0.05) is 29.5 Å². The molecule has 8 heteroatoms. The Bertz CT molecular complexity index is 897. The summed E-state index contributed by atoms with van der Waals surface area (Å²) in [5.41, 5.74) is 1.55. The van der Waals surface area contributed by atoms with E-state index >= 15 is 0 Å². The second kappa shape index (κ2) is 9.43. The van der Waals surface area contributed by atoms with Crippen LogP contribution in [-0.2, 0) is 9.59 Å². The highest BCUT2D eigenvalue weighted by molar-refractivity contribution is 6.30. The second-order valence-electron chi connectivity index (χ2n) is 6.95. The number of carbonyl (C=O) groups is 3. The fourth-order valence-corrected chi connectivity index (χ4v) is 2.80. The van der Waals surface area contributed by atoms with E-state index in [1.54, 1.807) is 55.6 Å². The quantitative estimate of drug-likeness (QED) is 0.619. The van der Waals surface area contributed by atoms with E-state index in [-0.39, 0.29) is 36.9 Å². The van der Waals surface area contributed by atoms with Crippen molar-refractivity contribution >= 4 is 40.7 Å². The van der Waals surface area contributed by atoms with Crippen LogP contribution in [0.25, 0.3) is 0 Å². The Balaban J connectivity index is 1.56. The van der Waals surface area contributed by atoms with Crippen molar-refractivity contribution in [2.45, 2.75) is 18.9 Å². The highest BCUT2D eigenvalue weighted by Crippen LogP contribution is 2.19. The zero-order valence-electron chi connectivity index (χ0n) is 16.1. The maximum absolute atomic E-state index is 12.6. The molecule has 0 saturated heterocycles. The number of carbonyl (C=O) groups excluding carboxylic acids is 3. The number of halogens is 1. The van der Waals surface area contributed by atoms with Crippen molar-refractivity contribution in [3.05, 3.63) is 59.1 Å².